The minimum absolute atomic E-state index is 0.0594. The first-order valence-electron chi connectivity index (χ1n) is 11.7. The van der Waals surface area contributed by atoms with Crippen LogP contribution in [0.25, 0.3) is 0 Å². The minimum Gasteiger partial charge on any atom is -0.467 e. The summed E-state index contributed by atoms with van der Waals surface area (Å²) in [7, 11) is 1.24. The number of carbonyl (C=O) groups is 4. The van der Waals surface area contributed by atoms with Gasteiger partial charge in [0.05, 0.1) is 19.3 Å². The Kier molecular flexibility index (Phi) is 11.4. The molecule has 1 fully saturated rings. The van der Waals surface area contributed by atoms with Gasteiger partial charge in [0.15, 0.2) is 12.2 Å². The predicted molar refractivity (Wildman–Crippen MR) is 129 cm³/mol. The molecular weight excluding hydrogens is 486 g/mol. The third-order valence-corrected chi connectivity index (χ3v) is 5.80. The fraction of sp³-hybridized carbons (Fsp3) is 0.538. The molecule has 11 heteroatoms. The van der Waals surface area contributed by atoms with Gasteiger partial charge in [-0.15, -0.1) is 6.42 Å². The SMILES string of the molecule is C#CCOCCNC(=O)c1cc(COC(C)=O)ccc1O[C@@H]1O[C@H](C(=O)OC)[C@@H](C)[C@H](C)[C@H]1OC(C)=O. The van der Waals surface area contributed by atoms with Gasteiger partial charge in [-0.05, 0) is 23.6 Å². The van der Waals surface area contributed by atoms with E-state index in [0.717, 1.165) is 0 Å². The third kappa shape index (κ3) is 8.48. The fourth-order valence-corrected chi connectivity index (χ4v) is 3.72. The highest BCUT2D eigenvalue weighted by molar-refractivity contribution is 5.97. The summed E-state index contributed by atoms with van der Waals surface area (Å²) in [5, 5.41) is 2.70. The van der Waals surface area contributed by atoms with Crippen molar-refractivity contribution in [3.8, 4) is 18.1 Å². The van der Waals surface area contributed by atoms with Crippen molar-refractivity contribution < 1.29 is 47.6 Å². The van der Waals surface area contributed by atoms with E-state index < -0.39 is 42.3 Å². The maximum atomic E-state index is 13.0. The van der Waals surface area contributed by atoms with Crippen LogP contribution in [0.3, 0.4) is 0 Å². The van der Waals surface area contributed by atoms with Gasteiger partial charge in [-0.3, -0.25) is 14.4 Å². The summed E-state index contributed by atoms with van der Waals surface area (Å²) >= 11 is 0. The molecule has 0 aliphatic carbocycles. The first kappa shape index (κ1) is 29.6. The lowest BCUT2D eigenvalue weighted by Gasteiger charge is -2.42. The van der Waals surface area contributed by atoms with Gasteiger partial charge in [0, 0.05) is 26.3 Å². The highest BCUT2D eigenvalue weighted by atomic mass is 16.7. The smallest absolute Gasteiger partial charge is 0.335 e. The maximum Gasteiger partial charge on any atom is 0.335 e. The second-order valence-electron chi connectivity index (χ2n) is 8.48. The zero-order chi connectivity index (χ0) is 27.5. The Morgan fingerprint density at radius 3 is 2.46 bits per heavy atom. The van der Waals surface area contributed by atoms with Crippen LogP contribution < -0.4 is 10.1 Å². The van der Waals surface area contributed by atoms with E-state index in [9.17, 15) is 19.2 Å². The van der Waals surface area contributed by atoms with Gasteiger partial charge in [-0.2, -0.15) is 0 Å². The number of methoxy groups -OCH3 is 1. The van der Waals surface area contributed by atoms with E-state index in [1.54, 1.807) is 19.9 Å². The molecule has 2 rings (SSSR count). The standard InChI is InChI=1S/C26H33NO10/c1-7-11-33-12-10-27-24(30)20-13-19(14-34-17(4)28)8-9-21(20)36-26-23(35-18(5)29)16(3)15(2)22(37-26)25(31)32-6/h1,8-9,13,15-16,22-23,26H,10-12,14H2,2-6H3,(H,27,30)/t15-,16-,22-,23+,26+/m0/s1. The molecule has 0 spiro atoms. The summed E-state index contributed by atoms with van der Waals surface area (Å²) in [5.74, 6) is -0.408. The maximum absolute atomic E-state index is 13.0. The van der Waals surface area contributed by atoms with Gasteiger partial charge >= 0.3 is 17.9 Å². The summed E-state index contributed by atoms with van der Waals surface area (Å²) < 4.78 is 32.5. The molecule has 0 saturated carbocycles. The average molecular weight is 520 g/mol. The summed E-state index contributed by atoms with van der Waals surface area (Å²) in [5.41, 5.74) is 0.638. The molecule has 1 saturated heterocycles. The van der Waals surface area contributed by atoms with Crippen molar-refractivity contribution in [1.82, 2.24) is 5.32 Å². The van der Waals surface area contributed by atoms with Gasteiger partial charge in [-0.25, -0.2) is 4.79 Å². The Bertz CT molecular complexity index is 1020. The van der Waals surface area contributed by atoms with Crippen LogP contribution in [0.4, 0.5) is 0 Å². The highest BCUT2D eigenvalue weighted by Crippen LogP contribution is 2.35. The molecule has 1 aliphatic rings. The summed E-state index contributed by atoms with van der Waals surface area (Å²) in [6.45, 7) is 6.52. The number of rotatable bonds is 11. The molecule has 37 heavy (non-hydrogen) atoms. The van der Waals surface area contributed by atoms with E-state index in [1.807, 2.05) is 0 Å². The van der Waals surface area contributed by atoms with E-state index >= 15 is 0 Å². The van der Waals surface area contributed by atoms with Gasteiger partial charge in [-0.1, -0.05) is 25.8 Å². The van der Waals surface area contributed by atoms with Gasteiger partial charge in [0.2, 0.25) is 6.29 Å². The molecule has 1 aromatic carbocycles. The topological polar surface area (TPSA) is 136 Å². The first-order valence-corrected chi connectivity index (χ1v) is 11.7. The molecule has 0 radical (unpaired) electrons. The molecule has 0 aromatic heterocycles. The second-order valence-corrected chi connectivity index (χ2v) is 8.48. The predicted octanol–water partition coefficient (Wildman–Crippen LogP) is 1.61. The van der Waals surface area contributed by atoms with Crippen LogP contribution >= 0.6 is 0 Å². The van der Waals surface area contributed by atoms with Crippen LogP contribution in [0.1, 0.15) is 43.6 Å². The Morgan fingerprint density at radius 1 is 1.11 bits per heavy atom. The number of carbonyl (C=O) groups excluding carboxylic acids is 4. The number of terminal acetylenes is 1. The highest BCUT2D eigenvalue weighted by Gasteiger charge is 2.48. The normalized spacial score (nSPS) is 22.8. The van der Waals surface area contributed by atoms with E-state index in [-0.39, 0.29) is 49.5 Å². The molecule has 1 N–H and O–H groups in total. The van der Waals surface area contributed by atoms with Crippen LogP contribution in [0.15, 0.2) is 18.2 Å². The zero-order valence-corrected chi connectivity index (χ0v) is 21.6. The molecule has 202 valence electrons. The Labute approximate surface area is 216 Å². The van der Waals surface area contributed by atoms with Crippen molar-refractivity contribution in [3.05, 3.63) is 29.3 Å². The van der Waals surface area contributed by atoms with E-state index in [1.165, 1.54) is 33.1 Å². The number of nitrogens with one attached hydrogen (secondary N) is 1. The molecule has 11 nitrogen and oxygen atoms in total. The van der Waals surface area contributed by atoms with Crippen molar-refractivity contribution in [2.45, 2.75) is 52.8 Å². The number of benzene rings is 1. The lowest BCUT2D eigenvalue weighted by atomic mass is 9.83. The largest absolute Gasteiger partial charge is 0.467 e. The summed E-state index contributed by atoms with van der Waals surface area (Å²) in [6, 6.07) is 4.62. The van der Waals surface area contributed by atoms with Crippen LogP contribution in [-0.4, -0.2) is 69.2 Å². The van der Waals surface area contributed by atoms with Gasteiger partial charge in [0.25, 0.3) is 5.91 Å². The number of amides is 1. The molecule has 1 aromatic rings. The molecule has 0 unspecified atom stereocenters. The van der Waals surface area contributed by atoms with Crippen molar-refractivity contribution >= 4 is 23.8 Å². The van der Waals surface area contributed by atoms with Crippen molar-refractivity contribution in [2.75, 3.05) is 26.9 Å². The van der Waals surface area contributed by atoms with Crippen LogP contribution in [-0.2, 0) is 44.7 Å². The minimum atomic E-state index is -1.22. The second kappa shape index (κ2) is 14.2. The molecule has 5 atom stereocenters. The number of hydrogen-bond donors (Lipinski definition) is 1. The van der Waals surface area contributed by atoms with E-state index in [4.69, 9.17) is 34.8 Å². The number of ether oxygens (including phenoxy) is 6. The van der Waals surface area contributed by atoms with Crippen LogP contribution in [0, 0.1) is 24.2 Å². The zero-order valence-electron chi connectivity index (χ0n) is 21.6. The molecule has 1 heterocycles. The van der Waals surface area contributed by atoms with Gasteiger partial charge < -0.3 is 33.7 Å². The average Bonchev–Trinajstić information content (AvgIpc) is 2.86. The Hall–Kier alpha value is -3.62. The van der Waals surface area contributed by atoms with Crippen molar-refractivity contribution in [2.24, 2.45) is 11.8 Å². The third-order valence-electron chi connectivity index (χ3n) is 5.80. The van der Waals surface area contributed by atoms with E-state index in [2.05, 4.69) is 11.2 Å². The lowest BCUT2D eigenvalue weighted by Crippen LogP contribution is -2.55. The summed E-state index contributed by atoms with van der Waals surface area (Å²) in [6.07, 6.45) is 2.07. The quantitative estimate of drug-likeness (QED) is 0.199. The van der Waals surface area contributed by atoms with Crippen LogP contribution in [0.5, 0.6) is 5.75 Å². The Morgan fingerprint density at radius 2 is 1.84 bits per heavy atom. The molecule has 1 aliphatic heterocycles. The first-order chi connectivity index (χ1) is 17.6. The summed E-state index contributed by atoms with van der Waals surface area (Å²) in [4.78, 5) is 48.4. The molecule has 1 amide bonds. The molecule has 0 bridgehead atoms. The fourth-order valence-electron chi connectivity index (χ4n) is 3.72. The number of esters is 3. The van der Waals surface area contributed by atoms with E-state index in [0.29, 0.717) is 5.56 Å². The van der Waals surface area contributed by atoms with Crippen molar-refractivity contribution in [1.29, 1.82) is 0 Å². The van der Waals surface area contributed by atoms with Crippen molar-refractivity contribution in [3.63, 3.8) is 0 Å². The molecular formula is C26H33NO10. The Balaban J connectivity index is 2.36. The monoisotopic (exact) mass is 519 g/mol. The lowest BCUT2D eigenvalue weighted by molar-refractivity contribution is -0.248. The number of hydrogen-bond acceptors (Lipinski definition) is 10. The van der Waals surface area contributed by atoms with Gasteiger partial charge in [0.1, 0.15) is 19.0 Å². The van der Waals surface area contributed by atoms with Crippen LogP contribution in [0.2, 0.25) is 0 Å².